The number of carbonyl (C=O) groups excluding carboxylic acids is 2. The van der Waals surface area contributed by atoms with Crippen LogP contribution >= 0.6 is 11.3 Å². The zero-order chi connectivity index (χ0) is 22.0. The molecule has 0 atom stereocenters. The molecule has 2 aromatic heterocycles. The SMILES string of the molecule is Cc1nc(N2CCOCC2)sc1C(=O)NNC(=O)c1cnn(-c2ccccc2F)c1C. The molecule has 0 bridgehead atoms. The van der Waals surface area contributed by atoms with Gasteiger partial charge in [-0.1, -0.05) is 23.5 Å². The number of ether oxygens (including phenoxy) is 1. The van der Waals surface area contributed by atoms with Crippen LogP contribution in [0.2, 0.25) is 0 Å². The van der Waals surface area contributed by atoms with Crippen LogP contribution in [0.25, 0.3) is 5.69 Å². The van der Waals surface area contributed by atoms with Crippen LogP contribution in [0.1, 0.15) is 31.4 Å². The molecular formula is C20H21FN6O3S. The van der Waals surface area contributed by atoms with E-state index in [1.54, 1.807) is 32.0 Å². The van der Waals surface area contributed by atoms with Gasteiger partial charge in [-0.2, -0.15) is 5.10 Å². The number of aromatic nitrogens is 3. The zero-order valence-electron chi connectivity index (χ0n) is 17.0. The monoisotopic (exact) mass is 444 g/mol. The summed E-state index contributed by atoms with van der Waals surface area (Å²) in [5.74, 6) is -1.46. The predicted octanol–water partition coefficient (Wildman–Crippen LogP) is 2.00. The summed E-state index contributed by atoms with van der Waals surface area (Å²) in [6.07, 6.45) is 1.33. The molecule has 0 unspecified atom stereocenters. The van der Waals surface area contributed by atoms with Crippen molar-refractivity contribution >= 4 is 28.3 Å². The number of anilines is 1. The lowest BCUT2D eigenvalue weighted by molar-refractivity contribution is 0.0848. The molecule has 31 heavy (non-hydrogen) atoms. The average Bonchev–Trinajstić information content (AvgIpc) is 3.36. The molecule has 1 aliphatic rings. The maximum atomic E-state index is 14.0. The van der Waals surface area contributed by atoms with Gasteiger partial charge < -0.3 is 9.64 Å². The van der Waals surface area contributed by atoms with Crippen molar-refractivity contribution in [3.63, 3.8) is 0 Å². The summed E-state index contributed by atoms with van der Waals surface area (Å²) in [6.45, 7) is 6.08. The topological polar surface area (TPSA) is 101 Å². The Balaban J connectivity index is 1.43. The lowest BCUT2D eigenvalue weighted by Gasteiger charge is -2.25. The zero-order valence-corrected chi connectivity index (χ0v) is 17.8. The summed E-state index contributed by atoms with van der Waals surface area (Å²) in [5.41, 5.74) is 6.30. The van der Waals surface area contributed by atoms with Crippen LogP contribution in [0, 0.1) is 19.7 Å². The average molecular weight is 444 g/mol. The molecule has 2 N–H and O–H groups in total. The second kappa shape index (κ2) is 8.82. The van der Waals surface area contributed by atoms with Crippen molar-refractivity contribution in [3.8, 4) is 5.69 Å². The van der Waals surface area contributed by atoms with Crippen molar-refractivity contribution in [2.45, 2.75) is 13.8 Å². The first-order chi connectivity index (χ1) is 15.0. The Labute approximate surface area is 181 Å². The predicted molar refractivity (Wildman–Crippen MR) is 113 cm³/mol. The highest BCUT2D eigenvalue weighted by atomic mass is 32.1. The number of hydrazine groups is 1. The number of aryl methyl sites for hydroxylation is 1. The Kier molecular flexibility index (Phi) is 5.96. The van der Waals surface area contributed by atoms with Gasteiger partial charge in [-0.3, -0.25) is 20.4 Å². The number of rotatable bonds is 4. The number of nitrogens with one attached hydrogen (secondary N) is 2. The molecule has 0 saturated carbocycles. The van der Waals surface area contributed by atoms with E-state index in [-0.39, 0.29) is 11.3 Å². The number of hydrogen-bond acceptors (Lipinski definition) is 7. The van der Waals surface area contributed by atoms with E-state index in [1.807, 2.05) is 0 Å². The van der Waals surface area contributed by atoms with Gasteiger partial charge in [0.05, 0.1) is 36.4 Å². The molecule has 3 heterocycles. The smallest absolute Gasteiger partial charge is 0.281 e. The number of halogens is 1. The van der Waals surface area contributed by atoms with Gasteiger partial charge in [0.1, 0.15) is 16.4 Å². The Morgan fingerprint density at radius 1 is 1.13 bits per heavy atom. The summed E-state index contributed by atoms with van der Waals surface area (Å²) in [5, 5.41) is 4.85. The van der Waals surface area contributed by atoms with E-state index < -0.39 is 17.6 Å². The van der Waals surface area contributed by atoms with Crippen LogP contribution in [-0.2, 0) is 4.74 Å². The van der Waals surface area contributed by atoms with Crippen LogP contribution in [-0.4, -0.2) is 52.9 Å². The first-order valence-corrected chi connectivity index (χ1v) is 10.5. The van der Waals surface area contributed by atoms with Crippen molar-refractivity contribution in [2.75, 3.05) is 31.2 Å². The minimum Gasteiger partial charge on any atom is -0.378 e. The molecule has 1 aromatic carbocycles. The van der Waals surface area contributed by atoms with Gasteiger partial charge in [-0.05, 0) is 26.0 Å². The van der Waals surface area contributed by atoms with Gasteiger partial charge in [0.25, 0.3) is 11.8 Å². The molecule has 162 valence electrons. The van der Waals surface area contributed by atoms with Crippen LogP contribution in [0.15, 0.2) is 30.5 Å². The summed E-state index contributed by atoms with van der Waals surface area (Å²) < 4.78 is 20.7. The van der Waals surface area contributed by atoms with Crippen LogP contribution in [0.5, 0.6) is 0 Å². The van der Waals surface area contributed by atoms with Crippen molar-refractivity contribution in [2.24, 2.45) is 0 Å². The summed E-state index contributed by atoms with van der Waals surface area (Å²) >= 11 is 1.27. The van der Waals surface area contributed by atoms with Crippen LogP contribution in [0.3, 0.4) is 0 Å². The maximum Gasteiger partial charge on any atom is 0.281 e. The second-order valence-electron chi connectivity index (χ2n) is 6.93. The van der Waals surface area contributed by atoms with E-state index in [2.05, 4.69) is 25.8 Å². The van der Waals surface area contributed by atoms with E-state index >= 15 is 0 Å². The molecule has 11 heteroatoms. The number of para-hydroxylation sites is 1. The molecule has 0 aliphatic carbocycles. The standard InChI is InChI=1S/C20H21FN6O3S/c1-12-17(31-20(23-12)26-7-9-30-10-8-26)19(29)25-24-18(28)14-11-22-27(13(14)2)16-6-4-3-5-15(16)21/h3-6,11H,7-10H2,1-2H3,(H,24,28)(H,25,29). The van der Waals surface area contributed by atoms with Crippen molar-refractivity contribution < 1.29 is 18.7 Å². The summed E-state index contributed by atoms with van der Waals surface area (Å²) in [6, 6.07) is 6.14. The van der Waals surface area contributed by atoms with E-state index in [4.69, 9.17) is 4.74 Å². The highest BCUT2D eigenvalue weighted by Crippen LogP contribution is 2.26. The number of benzene rings is 1. The Morgan fingerprint density at radius 2 is 1.84 bits per heavy atom. The fourth-order valence-corrected chi connectivity index (χ4v) is 4.23. The third-order valence-electron chi connectivity index (χ3n) is 4.90. The molecule has 1 aliphatic heterocycles. The van der Waals surface area contributed by atoms with E-state index in [1.165, 1.54) is 28.3 Å². The largest absolute Gasteiger partial charge is 0.378 e. The Bertz CT molecular complexity index is 1120. The Hall–Kier alpha value is -3.31. The molecule has 2 amide bonds. The van der Waals surface area contributed by atoms with Gasteiger partial charge in [-0.15, -0.1) is 0 Å². The third-order valence-corrected chi connectivity index (χ3v) is 6.11. The number of morpholine rings is 1. The normalized spacial score (nSPS) is 13.8. The fourth-order valence-electron chi connectivity index (χ4n) is 3.22. The maximum absolute atomic E-state index is 14.0. The molecule has 1 fully saturated rings. The highest BCUT2D eigenvalue weighted by molar-refractivity contribution is 7.17. The molecular weight excluding hydrogens is 423 g/mol. The van der Waals surface area contributed by atoms with Crippen molar-refractivity contribution in [1.82, 2.24) is 25.6 Å². The lowest BCUT2D eigenvalue weighted by Crippen LogP contribution is -2.41. The molecule has 0 radical (unpaired) electrons. The van der Waals surface area contributed by atoms with Crippen molar-refractivity contribution in [3.05, 3.63) is 58.1 Å². The van der Waals surface area contributed by atoms with Gasteiger partial charge in [-0.25, -0.2) is 14.1 Å². The minimum absolute atomic E-state index is 0.221. The Morgan fingerprint density at radius 3 is 2.58 bits per heavy atom. The third kappa shape index (κ3) is 4.28. The summed E-state index contributed by atoms with van der Waals surface area (Å²) in [7, 11) is 0. The minimum atomic E-state index is -0.552. The molecule has 0 spiro atoms. The van der Waals surface area contributed by atoms with Gasteiger partial charge >= 0.3 is 0 Å². The number of nitrogens with zero attached hydrogens (tertiary/aromatic N) is 4. The van der Waals surface area contributed by atoms with Crippen LogP contribution in [0.4, 0.5) is 9.52 Å². The van der Waals surface area contributed by atoms with E-state index in [0.29, 0.717) is 29.5 Å². The first kappa shape index (κ1) is 20.9. The lowest BCUT2D eigenvalue weighted by atomic mass is 10.2. The van der Waals surface area contributed by atoms with Crippen molar-refractivity contribution in [1.29, 1.82) is 0 Å². The first-order valence-electron chi connectivity index (χ1n) is 9.66. The van der Waals surface area contributed by atoms with Gasteiger partial charge in [0, 0.05) is 13.1 Å². The van der Waals surface area contributed by atoms with Gasteiger partial charge in [0.15, 0.2) is 5.13 Å². The number of hydrogen-bond donors (Lipinski definition) is 2. The molecule has 1 saturated heterocycles. The van der Waals surface area contributed by atoms with E-state index in [0.717, 1.165) is 18.2 Å². The number of amides is 2. The molecule has 4 rings (SSSR count). The number of thiazole rings is 1. The fraction of sp³-hybridized carbons (Fsp3) is 0.300. The van der Waals surface area contributed by atoms with Crippen LogP contribution < -0.4 is 15.8 Å². The van der Waals surface area contributed by atoms with E-state index in [9.17, 15) is 14.0 Å². The highest BCUT2D eigenvalue weighted by Gasteiger charge is 2.22. The number of carbonyl (C=O) groups is 2. The molecule has 3 aromatic rings. The molecule has 9 nitrogen and oxygen atoms in total. The quantitative estimate of drug-likeness (QED) is 0.597. The van der Waals surface area contributed by atoms with Gasteiger partial charge in [0.2, 0.25) is 0 Å². The second-order valence-corrected chi connectivity index (χ2v) is 7.90. The summed E-state index contributed by atoms with van der Waals surface area (Å²) in [4.78, 5) is 32.1.